The number of carbonyl (C=O) groups excluding carboxylic acids is 1. The van der Waals surface area contributed by atoms with Crippen LogP contribution in [0.15, 0.2) is 29.1 Å². The molecule has 0 bridgehead atoms. The average Bonchev–Trinajstić information content (AvgIpc) is 2.56. The van der Waals surface area contributed by atoms with Crippen LogP contribution in [0.4, 0.5) is 5.69 Å². The third kappa shape index (κ3) is 3.99. The summed E-state index contributed by atoms with van der Waals surface area (Å²) >= 11 is 0. The summed E-state index contributed by atoms with van der Waals surface area (Å²) < 4.78 is 7.15. The summed E-state index contributed by atoms with van der Waals surface area (Å²) in [6.07, 6.45) is 0.593. The van der Waals surface area contributed by atoms with Crippen molar-refractivity contribution in [2.24, 2.45) is 0 Å². The molecule has 0 saturated carbocycles. The third-order valence-electron chi connectivity index (χ3n) is 4.43. The maximum atomic E-state index is 12.9. The van der Waals surface area contributed by atoms with Gasteiger partial charge in [-0.25, -0.2) is 0 Å². The molecule has 5 heteroatoms. The number of hydrogen-bond donors (Lipinski definition) is 1. The zero-order valence-corrected chi connectivity index (χ0v) is 15.6. The molecule has 0 aliphatic carbocycles. The van der Waals surface area contributed by atoms with E-state index in [0.717, 1.165) is 28.2 Å². The molecule has 0 aliphatic rings. The van der Waals surface area contributed by atoms with E-state index in [1.807, 2.05) is 50.5 Å². The lowest BCUT2D eigenvalue weighted by Gasteiger charge is -2.19. The van der Waals surface area contributed by atoms with Gasteiger partial charge in [0.25, 0.3) is 5.91 Å². The summed E-state index contributed by atoms with van der Waals surface area (Å²) in [5.74, 6) is -0.356. The molecule has 5 nitrogen and oxygen atoms in total. The number of benzene rings is 1. The van der Waals surface area contributed by atoms with Gasteiger partial charge >= 0.3 is 0 Å². The number of pyridine rings is 1. The van der Waals surface area contributed by atoms with E-state index in [1.165, 1.54) is 6.07 Å². The van der Waals surface area contributed by atoms with Crippen molar-refractivity contribution in [2.75, 3.05) is 19.0 Å². The standard InChI is InChI=1S/C20H26N2O3/c1-6-16-18(17(23)12-15(4)22(16)10-11-25-5)20(24)21-19-13(2)8-7-9-14(19)3/h7-9,12H,6,10-11H2,1-5H3,(H,21,24). The summed E-state index contributed by atoms with van der Waals surface area (Å²) in [7, 11) is 1.64. The van der Waals surface area contributed by atoms with Crippen molar-refractivity contribution in [3.63, 3.8) is 0 Å². The van der Waals surface area contributed by atoms with Crippen molar-refractivity contribution >= 4 is 11.6 Å². The molecule has 0 fully saturated rings. The molecule has 2 aromatic rings. The Morgan fingerprint density at radius 3 is 2.40 bits per heavy atom. The number of amides is 1. The molecule has 1 aromatic carbocycles. The number of anilines is 1. The van der Waals surface area contributed by atoms with Gasteiger partial charge in [-0.05, 0) is 38.3 Å². The van der Waals surface area contributed by atoms with Crippen LogP contribution in [0.3, 0.4) is 0 Å². The summed E-state index contributed by atoms with van der Waals surface area (Å²) in [5, 5.41) is 2.93. The summed E-state index contributed by atoms with van der Waals surface area (Å²) in [5.41, 5.74) is 4.25. The maximum absolute atomic E-state index is 12.9. The molecule has 1 aromatic heterocycles. The van der Waals surface area contributed by atoms with E-state index in [9.17, 15) is 9.59 Å². The molecule has 0 unspecified atom stereocenters. The molecule has 0 spiro atoms. The van der Waals surface area contributed by atoms with Crippen LogP contribution in [0.2, 0.25) is 0 Å². The maximum Gasteiger partial charge on any atom is 0.261 e. The van der Waals surface area contributed by atoms with E-state index in [4.69, 9.17) is 4.74 Å². The van der Waals surface area contributed by atoms with Gasteiger partial charge in [0.1, 0.15) is 5.56 Å². The lowest BCUT2D eigenvalue weighted by Crippen LogP contribution is -2.29. The molecule has 1 heterocycles. The molecule has 0 saturated heterocycles. The van der Waals surface area contributed by atoms with Crippen LogP contribution < -0.4 is 10.7 Å². The van der Waals surface area contributed by atoms with Crippen molar-refractivity contribution < 1.29 is 9.53 Å². The lowest BCUT2D eigenvalue weighted by molar-refractivity contribution is 0.102. The predicted octanol–water partition coefficient (Wildman–Crippen LogP) is 3.23. The Morgan fingerprint density at radius 1 is 1.20 bits per heavy atom. The number of ether oxygens (including phenoxy) is 1. The highest BCUT2D eigenvalue weighted by molar-refractivity contribution is 6.05. The van der Waals surface area contributed by atoms with Crippen molar-refractivity contribution in [1.29, 1.82) is 0 Å². The summed E-state index contributed by atoms with van der Waals surface area (Å²) in [6, 6.07) is 7.35. The summed E-state index contributed by atoms with van der Waals surface area (Å²) in [6.45, 7) is 8.84. The highest BCUT2D eigenvalue weighted by Gasteiger charge is 2.20. The molecule has 2 rings (SSSR count). The van der Waals surface area contributed by atoms with Gasteiger partial charge in [0.2, 0.25) is 0 Å². The van der Waals surface area contributed by atoms with Gasteiger partial charge in [0, 0.05) is 36.8 Å². The number of para-hydroxylation sites is 1. The molecule has 0 atom stereocenters. The Balaban J connectivity index is 2.50. The highest BCUT2D eigenvalue weighted by atomic mass is 16.5. The number of nitrogens with zero attached hydrogens (tertiary/aromatic N) is 1. The Bertz CT molecular complexity index is 817. The SMILES string of the molecule is CCc1c(C(=O)Nc2c(C)cccc2C)c(=O)cc(C)n1CCOC. The van der Waals surface area contributed by atoms with E-state index < -0.39 is 0 Å². The predicted molar refractivity (Wildman–Crippen MR) is 101 cm³/mol. The van der Waals surface area contributed by atoms with Crippen molar-refractivity contribution in [1.82, 2.24) is 4.57 Å². The van der Waals surface area contributed by atoms with Gasteiger partial charge < -0.3 is 14.6 Å². The third-order valence-corrected chi connectivity index (χ3v) is 4.43. The topological polar surface area (TPSA) is 60.3 Å². The number of methoxy groups -OCH3 is 1. The van der Waals surface area contributed by atoms with Crippen LogP contribution in [-0.2, 0) is 17.7 Å². The first-order chi connectivity index (χ1) is 11.9. The Kier molecular flexibility index (Phi) is 6.15. The second kappa shape index (κ2) is 8.12. The minimum absolute atomic E-state index is 0.215. The van der Waals surface area contributed by atoms with Crippen molar-refractivity contribution in [2.45, 2.75) is 40.7 Å². The normalized spacial score (nSPS) is 10.8. The van der Waals surface area contributed by atoms with Gasteiger partial charge in [-0.1, -0.05) is 25.1 Å². The Hall–Kier alpha value is -2.40. The molecular formula is C20H26N2O3. The monoisotopic (exact) mass is 342 g/mol. The van der Waals surface area contributed by atoms with Crippen LogP contribution in [0, 0.1) is 20.8 Å². The van der Waals surface area contributed by atoms with E-state index >= 15 is 0 Å². The van der Waals surface area contributed by atoms with Crippen molar-refractivity contribution in [3.8, 4) is 0 Å². The van der Waals surface area contributed by atoms with E-state index in [1.54, 1.807) is 7.11 Å². The van der Waals surface area contributed by atoms with Gasteiger partial charge in [0.15, 0.2) is 5.43 Å². The Morgan fingerprint density at radius 2 is 1.84 bits per heavy atom. The molecule has 1 amide bonds. The van der Waals surface area contributed by atoms with E-state index in [0.29, 0.717) is 19.6 Å². The first-order valence-corrected chi connectivity index (χ1v) is 8.50. The van der Waals surface area contributed by atoms with Crippen LogP contribution in [-0.4, -0.2) is 24.2 Å². The first kappa shape index (κ1) is 18.9. The zero-order chi connectivity index (χ0) is 18.6. The van der Waals surface area contributed by atoms with Crippen LogP contribution in [0.1, 0.15) is 39.8 Å². The van der Waals surface area contributed by atoms with E-state index in [-0.39, 0.29) is 16.9 Å². The van der Waals surface area contributed by atoms with E-state index in [2.05, 4.69) is 5.32 Å². The quantitative estimate of drug-likeness (QED) is 0.877. The van der Waals surface area contributed by atoms with Crippen LogP contribution in [0.5, 0.6) is 0 Å². The van der Waals surface area contributed by atoms with Gasteiger partial charge in [0.05, 0.1) is 6.61 Å². The number of nitrogens with one attached hydrogen (secondary N) is 1. The van der Waals surface area contributed by atoms with Crippen molar-refractivity contribution in [3.05, 3.63) is 62.6 Å². The average molecular weight is 342 g/mol. The lowest BCUT2D eigenvalue weighted by atomic mass is 10.1. The fraction of sp³-hybridized carbons (Fsp3) is 0.400. The molecule has 0 aliphatic heterocycles. The zero-order valence-electron chi connectivity index (χ0n) is 15.6. The number of carbonyl (C=O) groups is 1. The smallest absolute Gasteiger partial charge is 0.261 e. The molecular weight excluding hydrogens is 316 g/mol. The molecule has 0 radical (unpaired) electrons. The van der Waals surface area contributed by atoms with Gasteiger partial charge in [-0.2, -0.15) is 0 Å². The van der Waals surface area contributed by atoms with Crippen LogP contribution >= 0.6 is 0 Å². The minimum atomic E-state index is -0.356. The number of hydrogen-bond acceptors (Lipinski definition) is 3. The largest absolute Gasteiger partial charge is 0.383 e. The number of aromatic nitrogens is 1. The second-order valence-electron chi connectivity index (χ2n) is 6.19. The molecule has 25 heavy (non-hydrogen) atoms. The first-order valence-electron chi connectivity index (χ1n) is 8.50. The van der Waals surface area contributed by atoms with Crippen LogP contribution in [0.25, 0.3) is 0 Å². The highest BCUT2D eigenvalue weighted by Crippen LogP contribution is 2.21. The molecule has 134 valence electrons. The fourth-order valence-corrected chi connectivity index (χ4v) is 3.12. The van der Waals surface area contributed by atoms with Gasteiger partial charge in [-0.15, -0.1) is 0 Å². The van der Waals surface area contributed by atoms with Gasteiger partial charge in [-0.3, -0.25) is 9.59 Å². The fourth-order valence-electron chi connectivity index (χ4n) is 3.12. The molecule has 1 N–H and O–H groups in total. The Labute approximate surface area is 148 Å². The number of aryl methyl sites for hydroxylation is 3. The number of rotatable bonds is 6. The minimum Gasteiger partial charge on any atom is -0.383 e. The second-order valence-corrected chi connectivity index (χ2v) is 6.19. The summed E-state index contributed by atoms with van der Waals surface area (Å²) in [4.78, 5) is 25.4.